The standard InChI is InChI=1S/C31H38N4O6/c1-7-20-10-8-9-11-23(20)27(28(37)33-21-12-14-22(40-6)15-13-21)35(25-18-19(25)2)29(38)24(16-17-26(32)36)34-30(39)41-31(3,4)5/h1,8-15,19,24-25,27H,16-18H2,2-6H3,(H2,32,36)(H,33,37)(H,34,39). The fraction of sp³-hybridized carbons (Fsp3) is 0.419. The fourth-order valence-corrected chi connectivity index (χ4v) is 4.52. The van der Waals surface area contributed by atoms with Gasteiger partial charge in [-0.25, -0.2) is 4.79 Å². The van der Waals surface area contributed by atoms with Gasteiger partial charge in [-0.3, -0.25) is 14.4 Å². The number of ether oxygens (including phenoxy) is 2. The molecule has 1 saturated carbocycles. The van der Waals surface area contributed by atoms with E-state index in [9.17, 15) is 19.2 Å². The lowest BCUT2D eigenvalue weighted by molar-refractivity contribution is -0.142. The van der Waals surface area contributed by atoms with Crippen molar-refractivity contribution in [1.82, 2.24) is 10.2 Å². The third kappa shape index (κ3) is 8.48. The second-order valence-electron chi connectivity index (χ2n) is 11.1. The molecule has 218 valence electrons. The number of nitrogens with zero attached hydrogens (tertiary/aromatic N) is 1. The first-order valence-corrected chi connectivity index (χ1v) is 13.4. The molecular formula is C31H38N4O6. The van der Waals surface area contributed by atoms with E-state index in [1.807, 2.05) is 6.92 Å². The van der Waals surface area contributed by atoms with Gasteiger partial charge in [0, 0.05) is 23.7 Å². The number of anilines is 1. The molecule has 0 radical (unpaired) electrons. The van der Waals surface area contributed by atoms with Gasteiger partial charge in [-0.15, -0.1) is 6.42 Å². The van der Waals surface area contributed by atoms with Crippen LogP contribution < -0.4 is 21.1 Å². The number of methoxy groups -OCH3 is 1. The maximum absolute atomic E-state index is 14.3. The van der Waals surface area contributed by atoms with Crippen LogP contribution in [-0.2, 0) is 19.1 Å². The number of terminal acetylenes is 1. The highest BCUT2D eigenvalue weighted by molar-refractivity contribution is 5.99. The van der Waals surface area contributed by atoms with Crippen LogP contribution in [0, 0.1) is 18.3 Å². The Hall–Kier alpha value is -4.52. The van der Waals surface area contributed by atoms with Crippen molar-refractivity contribution in [3.8, 4) is 18.1 Å². The molecule has 4 amide bonds. The van der Waals surface area contributed by atoms with Gasteiger partial charge in [0.1, 0.15) is 23.4 Å². The predicted octanol–water partition coefficient (Wildman–Crippen LogP) is 3.75. The summed E-state index contributed by atoms with van der Waals surface area (Å²) in [6.45, 7) is 7.06. The lowest BCUT2D eigenvalue weighted by Gasteiger charge is -2.35. The summed E-state index contributed by atoms with van der Waals surface area (Å²) in [6.07, 6.45) is 5.39. The number of rotatable bonds is 11. The molecule has 10 nitrogen and oxygen atoms in total. The smallest absolute Gasteiger partial charge is 0.408 e. The van der Waals surface area contributed by atoms with Crippen molar-refractivity contribution in [2.45, 2.75) is 70.7 Å². The SMILES string of the molecule is C#Cc1ccccc1C(C(=O)Nc1ccc(OC)cc1)N(C(=O)C(CCC(N)=O)NC(=O)OC(C)(C)C)C1CC1C. The number of primary amides is 1. The van der Waals surface area contributed by atoms with Gasteiger partial charge in [0.2, 0.25) is 11.8 Å². The highest BCUT2D eigenvalue weighted by atomic mass is 16.6. The summed E-state index contributed by atoms with van der Waals surface area (Å²) in [4.78, 5) is 54.2. The number of hydrogen-bond acceptors (Lipinski definition) is 6. The minimum absolute atomic E-state index is 0.0748. The first-order valence-electron chi connectivity index (χ1n) is 13.4. The van der Waals surface area contributed by atoms with E-state index in [1.165, 1.54) is 4.90 Å². The van der Waals surface area contributed by atoms with E-state index < -0.39 is 41.5 Å². The van der Waals surface area contributed by atoms with Gasteiger partial charge in [-0.2, -0.15) is 0 Å². The third-order valence-electron chi connectivity index (χ3n) is 6.64. The van der Waals surface area contributed by atoms with Crippen molar-refractivity contribution in [3.05, 3.63) is 59.7 Å². The zero-order chi connectivity index (χ0) is 30.3. The van der Waals surface area contributed by atoms with Crippen molar-refractivity contribution < 1.29 is 28.7 Å². The highest BCUT2D eigenvalue weighted by Gasteiger charge is 2.48. The number of amides is 4. The first kappa shape index (κ1) is 31.0. The van der Waals surface area contributed by atoms with Crippen molar-refractivity contribution in [1.29, 1.82) is 0 Å². The predicted molar refractivity (Wildman–Crippen MR) is 155 cm³/mol. The maximum atomic E-state index is 14.3. The summed E-state index contributed by atoms with van der Waals surface area (Å²) < 4.78 is 10.6. The van der Waals surface area contributed by atoms with E-state index >= 15 is 0 Å². The summed E-state index contributed by atoms with van der Waals surface area (Å²) in [7, 11) is 1.54. The van der Waals surface area contributed by atoms with Gasteiger partial charge in [0.05, 0.1) is 7.11 Å². The van der Waals surface area contributed by atoms with Crippen LogP contribution in [0.15, 0.2) is 48.5 Å². The van der Waals surface area contributed by atoms with E-state index in [0.717, 1.165) is 0 Å². The van der Waals surface area contributed by atoms with Crippen LogP contribution in [0.3, 0.4) is 0 Å². The van der Waals surface area contributed by atoms with Crippen LogP contribution in [0.2, 0.25) is 0 Å². The molecule has 0 spiro atoms. The molecule has 10 heteroatoms. The lowest BCUT2D eigenvalue weighted by atomic mass is 9.96. The number of carbonyl (C=O) groups is 4. The number of carbonyl (C=O) groups excluding carboxylic acids is 4. The first-order chi connectivity index (χ1) is 19.3. The number of nitrogens with two attached hydrogens (primary N) is 1. The van der Waals surface area contributed by atoms with Gasteiger partial charge < -0.3 is 30.7 Å². The molecule has 0 heterocycles. The Labute approximate surface area is 240 Å². The average Bonchev–Trinajstić information content (AvgIpc) is 3.63. The molecule has 0 aliphatic heterocycles. The number of hydrogen-bond donors (Lipinski definition) is 3. The molecule has 4 unspecified atom stereocenters. The summed E-state index contributed by atoms with van der Waals surface area (Å²) >= 11 is 0. The Morgan fingerprint density at radius 2 is 1.76 bits per heavy atom. The van der Waals surface area contributed by atoms with Crippen molar-refractivity contribution in [2.75, 3.05) is 12.4 Å². The van der Waals surface area contributed by atoms with E-state index in [0.29, 0.717) is 29.0 Å². The molecule has 1 aliphatic carbocycles. The topological polar surface area (TPSA) is 140 Å². The van der Waals surface area contributed by atoms with Gasteiger partial charge >= 0.3 is 6.09 Å². The monoisotopic (exact) mass is 562 g/mol. The van der Waals surface area contributed by atoms with Crippen molar-refractivity contribution in [3.63, 3.8) is 0 Å². The van der Waals surface area contributed by atoms with Gasteiger partial charge in [-0.05, 0) is 75.4 Å². The van der Waals surface area contributed by atoms with E-state index in [-0.39, 0.29) is 24.8 Å². The van der Waals surface area contributed by atoms with E-state index in [1.54, 1.807) is 76.4 Å². The van der Waals surface area contributed by atoms with E-state index in [4.69, 9.17) is 21.6 Å². The molecule has 4 N–H and O–H groups in total. The van der Waals surface area contributed by atoms with Crippen LogP contribution in [-0.4, -0.2) is 53.5 Å². The molecule has 3 rings (SSSR count). The van der Waals surface area contributed by atoms with Gasteiger partial charge in [-0.1, -0.05) is 31.0 Å². The Morgan fingerprint density at radius 1 is 1.12 bits per heavy atom. The summed E-state index contributed by atoms with van der Waals surface area (Å²) in [5.74, 6) is 1.65. The quantitative estimate of drug-likeness (QED) is 0.357. The van der Waals surface area contributed by atoms with Crippen LogP contribution >= 0.6 is 0 Å². The summed E-state index contributed by atoms with van der Waals surface area (Å²) in [5.41, 5.74) is 5.96. The van der Waals surface area contributed by atoms with E-state index in [2.05, 4.69) is 16.6 Å². The fourth-order valence-electron chi connectivity index (χ4n) is 4.52. The minimum Gasteiger partial charge on any atom is -0.497 e. The van der Waals surface area contributed by atoms with Crippen LogP contribution in [0.5, 0.6) is 5.75 Å². The third-order valence-corrected chi connectivity index (χ3v) is 6.64. The number of nitrogens with one attached hydrogen (secondary N) is 2. The highest BCUT2D eigenvalue weighted by Crippen LogP contribution is 2.41. The number of alkyl carbamates (subject to hydrolysis) is 1. The van der Waals surface area contributed by atoms with Crippen molar-refractivity contribution >= 4 is 29.5 Å². The Balaban J connectivity index is 2.06. The number of benzene rings is 2. The molecule has 1 aliphatic rings. The largest absolute Gasteiger partial charge is 0.497 e. The normalized spacial score (nSPS) is 17.3. The zero-order valence-corrected chi connectivity index (χ0v) is 24.1. The van der Waals surface area contributed by atoms with Crippen molar-refractivity contribution in [2.24, 2.45) is 11.7 Å². The molecule has 4 atom stereocenters. The van der Waals surface area contributed by atoms with Crippen LogP contribution in [0.4, 0.5) is 10.5 Å². The van der Waals surface area contributed by atoms with Gasteiger partial charge in [0.15, 0.2) is 0 Å². The molecule has 0 aromatic heterocycles. The Kier molecular flexibility index (Phi) is 10.0. The molecule has 0 bridgehead atoms. The Bertz CT molecular complexity index is 1310. The average molecular weight is 563 g/mol. The molecule has 0 saturated heterocycles. The molecular weight excluding hydrogens is 524 g/mol. The molecule has 2 aromatic rings. The van der Waals surface area contributed by atoms with Crippen LogP contribution in [0.25, 0.3) is 0 Å². The summed E-state index contributed by atoms with van der Waals surface area (Å²) in [5, 5.41) is 5.49. The minimum atomic E-state index is -1.18. The molecule has 41 heavy (non-hydrogen) atoms. The maximum Gasteiger partial charge on any atom is 0.408 e. The second-order valence-corrected chi connectivity index (χ2v) is 11.1. The second kappa shape index (κ2) is 13.2. The zero-order valence-electron chi connectivity index (χ0n) is 24.1. The Morgan fingerprint density at radius 3 is 2.29 bits per heavy atom. The van der Waals surface area contributed by atoms with Gasteiger partial charge in [0.25, 0.3) is 5.91 Å². The molecule has 2 aromatic carbocycles. The lowest BCUT2D eigenvalue weighted by Crippen LogP contribution is -2.53. The molecule has 1 fully saturated rings. The summed E-state index contributed by atoms with van der Waals surface area (Å²) in [6, 6.07) is 11.1. The van der Waals surface area contributed by atoms with Crippen LogP contribution in [0.1, 0.15) is 64.1 Å².